The molecule has 29 heavy (non-hydrogen) atoms. The molecule has 0 radical (unpaired) electrons. The Balaban J connectivity index is 1.79. The van der Waals surface area contributed by atoms with Gasteiger partial charge in [-0.05, 0) is 48.9 Å². The van der Waals surface area contributed by atoms with Crippen LogP contribution in [0.15, 0.2) is 84.6 Å². The largest absolute Gasteiger partial charge is 0.497 e. The first-order valence-electron chi connectivity index (χ1n) is 9.24. The molecule has 1 heterocycles. The zero-order valence-corrected chi connectivity index (χ0v) is 16.2. The molecule has 1 aliphatic rings. The van der Waals surface area contributed by atoms with Crippen molar-refractivity contribution in [3.05, 3.63) is 95.7 Å². The van der Waals surface area contributed by atoms with Gasteiger partial charge in [0.05, 0.1) is 18.4 Å². The Morgan fingerprint density at radius 3 is 2.07 bits per heavy atom. The van der Waals surface area contributed by atoms with Crippen LogP contribution in [0.2, 0.25) is 0 Å². The van der Waals surface area contributed by atoms with Gasteiger partial charge < -0.3 is 10.1 Å². The second-order valence-corrected chi connectivity index (χ2v) is 6.75. The van der Waals surface area contributed by atoms with Crippen molar-refractivity contribution in [3.8, 4) is 5.75 Å². The number of nitrogens with zero attached hydrogens (tertiary/aromatic N) is 1. The maximum absolute atomic E-state index is 13.3. The third-order valence-electron chi connectivity index (χ3n) is 4.80. The molecule has 0 saturated carbocycles. The first kappa shape index (κ1) is 18.5. The normalized spacial score (nSPS) is 13.8. The summed E-state index contributed by atoms with van der Waals surface area (Å²) in [4.78, 5) is 27.8. The summed E-state index contributed by atoms with van der Waals surface area (Å²) >= 11 is 0. The van der Waals surface area contributed by atoms with Crippen LogP contribution in [0, 0.1) is 6.92 Å². The number of imide groups is 1. The van der Waals surface area contributed by atoms with E-state index in [1.54, 1.807) is 43.5 Å². The van der Waals surface area contributed by atoms with Crippen LogP contribution in [0.1, 0.15) is 11.1 Å². The molecule has 0 unspecified atom stereocenters. The number of hydrogen-bond donors (Lipinski definition) is 1. The van der Waals surface area contributed by atoms with E-state index in [-0.39, 0.29) is 17.5 Å². The highest BCUT2D eigenvalue weighted by Crippen LogP contribution is 2.34. The highest BCUT2D eigenvalue weighted by atomic mass is 16.5. The van der Waals surface area contributed by atoms with Crippen LogP contribution in [-0.2, 0) is 9.59 Å². The smallest absolute Gasteiger partial charge is 0.282 e. The molecule has 5 heteroatoms. The van der Waals surface area contributed by atoms with Gasteiger partial charge in [-0.3, -0.25) is 9.59 Å². The number of hydrogen-bond acceptors (Lipinski definition) is 4. The van der Waals surface area contributed by atoms with Gasteiger partial charge in [0.1, 0.15) is 11.4 Å². The van der Waals surface area contributed by atoms with E-state index in [0.717, 1.165) is 5.56 Å². The average molecular weight is 384 g/mol. The van der Waals surface area contributed by atoms with Crippen LogP contribution in [-0.4, -0.2) is 18.9 Å². The van der Waals surface area contributed by atoms with E-state index in [1.807, 2.05) is 49.4 Å². The van der Waals surface area contributed by atoms with E-state index in [4.69, 9.17) is 4.74 Å². The van der Waals surface area contributed by atoms with Crippen LogP contribution >= 0.6 is 0 Å². The number of para-hydroxylation sites is 1. The number of carbonyl (C=O) groups is 2. The Kier molecular flexibility index (Phi) is 4.87. The number of amides is 2. The summed E-state index contributed by atoms with van der Waals surface area (Å²) in [6, 6.07) is 23.7. The lowest BCUT2D eigenvalue weighted by atomic mass is 10.0. The molecule has 1 aliphatic heterocycles. The lowest BCUT2D eigenvalue weighted by Crippen LogP contribution is -2.32. The number of carbonyl (C=O) groups excluding carboxylic acids is 2. The van der Waals surface area contributed by atoms with E-state index in [2.05, 4.69) is 5.32 Å². The molecule has 5 nitrogen and oxygen atoms in total. The van der Waals surface area contributed by atoms with Crippen molar-refractivity contribution in [1.29, 1.82) is 0 Å². The number of methoxy groups -OCH3 is 1. The van der Waals surface area contributed by atoms with Crippen LogP contribution in [0.4, 0.5) is 11.4 Å². The van der Waals surface area contributed by atoms with Crippen LogP contribution in [0.25, 0.3) is 5.57 Å². The molecular formula is C24H20N2O3. The third kappa shape index (κ3) is 3.50. The van der Waals surface area contributed by atoms with Crippen molar-refractivity contribution in [3.63, 3.8) is 0 Å². The minimum Gasteiger partial charge on any atom is -0.497 e. The summed E-state index contributed by atoms with van der Waals surface area (Å²) in [6.07, 6.45) is 0. The Hall–Kier alpha value is -3.86. The molecule has 1 N–H and O–H groups in total. The molecule has 0 aliphatic carbocycles. The van der Waals surface area contributed by atoms with Gasteiger partial charge >= 0.3 is 0 Å². The number of rotatable bonds is 5. The second-order valence-electron chi connectivity index (χ2n) is 6.75. The van der Waals surface area contributed by atoms with Crippen molar-refractivity contribution >= 4 is 28.8 Å². The summed E-state index contributed by atoms with van der Waals surface area (Å²) in [5.41, 5.74) is 3.63. The van der Waals surface area contributed by atoms with Gasteiger partial charge in [0.15, 0.2) is 0 Å². The standard InChI is InChI=1S/C24H20N2O3/c1-16-8-10-17(11-9-16)21-22(25-18-12-14-20(29-2)15-13-18)24(28)26(23(21)27)19-6-4-3-5-7-19/h3-15,25H,1-2H3. The first-order chi connectivity index (χ1) is 14.1. The summed E-state index contributed by atoms with van der Waals surface area (Å²) in [6.45, 7) is 1.98. The minimum absolute atomic E-state index is 0.257. The van der Waals surface area contributed by atoms with Crippen molar-refractivity contribution < 1.29 is 14.3 Å². The number of anilines is 2. The zero-order chi connectivity index (χ0) is 20.4. The maximum atomic E-state index is 13.3. The molecular weight excluding hydrogens is 364 g/mol. The van der Waals surface area contributed by atoms with E-state index in [0.29, 0.717) is 28.3 Å². The highest BCUT2D eigenvalue weighted by Gasteiger charge is 2.40. The molecule has 0 saturated heterocycles. The highest BCUT2D eigenvalue weighted by molar-refractivity contribution is 6.46. The monoisotopic (exact) mass is 384 g/mol. The average Bonchev–Trinajstić information content (AvgIpc) is 2.99. The topological polar surface area (TPSA) is 58.6 Å². The Labute approximate surface area is 169 Å². The van der Waals surface area contributed by atoms with E-state index < -0.39 is 0 Å². The summed E-state index contributed by atoms with van der Waals surface area (Å²) in [5.74, 6) is -0.0170. The molecule has 0 spiro atoms. The van der Waals surface area contributed by atoms with E-state index in [9.17, 15) is 9.59 Å². The summed E-state index contributed by atoms with van der Waals surface area (Å²) in [5, 5.41) is 3.15. The van der Waals surface area contributed by atoms with Crippen molar-refractivity contribution in [2.24, 2.45) is 0 Å². The van der Waals surface area contributed by atoms with Crippen LogP contribution in [0.5, 0.6) is 5.75 Å². The number of aryl methyl sites for hydroxylation is 1. The summed E-state index contributed by atoms with van der Waals surface area (Å²) in [7, 11) is 1.59. The molecule has 0 bridgehead atoms. The molecule has 144 valence electrons. The SMILES string of the molecule is COc1ccc(NC2=C(c3ccc(C)cc3)C(=O)N(c3ccccc3)C2=O)cc1. The van der Waals surface area contributed by atoms with Gasteiger partial charge in [-0.15, -0.1) is 0 Å². The second kappa shape index (κ2) is 7.64. The molecule has 0 fully saturated rings. The number of nitrogens with one attached hydrogen (secondary N) is 1. The van der Waals surface area contributed by atoms with Gasteiger partial charge in [-0.25, -0.2) is 4.90 Å². The van der Waals surface area contributed by atoms with Crippen molar-refractivity contribution in [1.82, 2.24) is 0 Å². The van der Waals surface area contributed by atoms with Crippen LogP contribution < -0.4 is 15.0 Å². The van der Waals surface area contributed by atoms with E-state index in [1.165, 1.54) is 4.90 Å². The fourth-order valence-corrected chi connectivity index (χ4v) is 3.26. The zero-order valence-electron chi connectivity index (χ0n) is 16.2. The Morgan fingerprint density at radius 2 is 1.45 bits per heavy atom. The number of ether oxygens (including phenoxy) is 1. The summed E-state index contributed by atoms with van der Waals surface area (Å²) < 4.78 is 5.18. The number of benzene rings is 3. The molecule has 3 aromatic carbocycles. The van der Waals surface area contributed by atoms with Gasteiger partial charge in [0, 0.05) is 5.69 Å². The minimum atomic E-state index is -0.382. The van der Waals surface area contributed by atoms with Gasteiger partial charge in [0.2, 0.25) is 0 Å². The van der Waals surface area contributed by atoms with Gasteiger partial charge in [-0.1, -0.05) is 48.0 Å². The third-order valence-corrected chi connectivity index (χ3v) is 4.80. The fourth-order valence-electron chi connectivity index (χ4n) is 3.26. The van der Waals surface area contributed by atoms with Crippen LogP contribution in [0.3, 0.4) is 0 Å². The fraction of sp³-hybridized carbons (Fsp3) is 0.0833. The van der Waals surface area contributed by atoms with Gasteiger partial charge in [0.25, 0.3) is 11.8 Å². The molecule has 2 amide bonds. The first-order valence-corrected chi connectivity index (χ1v) is 9.24. The predicted molar refractivity (Wildman–Crippen MR) is 114 cm³/mol. The molecule has 0 atom stereocenters. The molecule has 4 rings (SSSR count). The molecule has 3 aromatic rings. The van der Waals surface area contributed by atoms with E-state index >= 15 is 0 Å². The molecule has 0 aromatic heterocycles. The van der Waals surface area contributed by atoms with Crippen molar-refractivity contribution in [2.75, 3.05) is 17.3 Å². The maximum Gasteiger partial charge on any atom is 0.282 e. The quantitative estimate of drug-likeness (QED) is 0.663. The Bertz CT molecular complexity index is 1090. The lowest BCUT2D eigenvalue weighted by Gasteiger charge is -2.15. The Morgan fingerprint density at radius 1 is 0.793 bits per heavy atom. The lowest BCUT2D eigenvalue weighted by molar-refractivity contribution is -0.120. The van der Waals surface area contributed by atoms with Crippen molar-refractivity contribution in [2.45, 2.75) is 6.92 Å². The predicted octanol–water partition coefficient (Wildman–Crippen LogP) is 4.40. The van der Waals surface area contributed by atoms with Gasteiger partial charge in [-0.2, -0.15) is 0 Å².